The van der Waals surface area contributed by atoms with Gasteiger partial charge in [0.1, 0.15) is 6.29 Å². The third kappa shape index (κ3) is 7.85. The summed E-state index contributed by atoms with van der Waals surface area (Å²) in [5.74, 6) is 0.506. The Morgan fingerprint density at radius 2 is 2.04 bits per heavy atom. The molecule has 3 heteroatoms. The van der Waals surface area contributed by atoms with Crippen LogP contribution in [0.15, 0.2) is 34.9 Å². The van der Waals surface area contributed by atoms with Crippen molar-refractivity contribution in [3.63, 3.8) is 0 Å². The van der Waals surface area contributed by atoms with Crippen molar-refractivity contribution in [1.82, 2.24) is 0 Å². The maximum Gasteiger partial charge on any atom is 0.302 e. The van der Waals surface area contributed by atoms with E-state index in [1.165, 1.54) is 18.1 Å². The average Bonchev–Trinajstić information content (AvgIpc) is 2.61. The minimum atomic E-state index is -0.282. The van der Waals surface area contributed by atoms with Gasteiger partial charge in [0.05, 0.1) is 6.61 Å². The fourth-order valence-electron chi connectivity index (χ4n) is 3.58. The SMILES string of the molecule is CC(=O)OC[C@H]1/C(C=O)=C\C/C=C(\C)CC[C@H]1[C@H](C)CCC=C(C)C. The second-order valence-electron chi connectivity index (χ2n) is 7.56. The van der Waals surface area contributed by atoms with Crippen molar-refractivity contribution in [2.24, 2.45) is 17.8 Å². The lowest BCUT2D eigenvalue weighted by atomic mass is 9.74. The van der Waals surface area contributed by atoms with Crippen LogP contribution in [0.25, 0.3) is 0 Å². The largest absolute Gasteiger partial charge is 0.465 e. The highest BCUT2D eigenvalue weighted by atomic mass is 16.5. The molecule has 140 valence electrons. The van der Waals surface area contributed by atoms with Gasteiger partial charge in [-0.05, 0) is 70.3 Å². The first-order valence-corrected chi connectivity index (χ1v) is 9.42. The van der Waals surface area contributed by atoms with E-state index in [0.29, 0.717) is 18.4 Å². The topological polar surface area (TPSA) is 43.4 Å². The monoisotopic (exact) mass is 346 g/mol. The first kappa shape index (κ1) is 21.4. The second kappa shape index (κ2) is 11.1. The minimum absolute atomic E-state index is 0.0117. The number of ether oxygens (including phenoxy) is 1. The Morgan fingerprint density at radius 3 is 2.64 bits per heavy atom. The van der Waals surface area contributed by atoms with E-state index in [9.17, 15) is 9.59 Å². The van der Waals surface area contributed by atoms with Crippen LogP contribution in [-0.4, -0.2) is 18.9 Å². The van der Waals surface area contributed by atoms with E-state index in [4.69, 9.17) is 4.74 Å². The summed E-state index contributed by atoms with van der Waals surface area (Å²) >= 11 is 0. The van der Waals surface area contributed by atoms with Crippen LogP contribution >= 0.6 is 0 Å². The van der Waals surface area contributed by atoms with Gasteiger partial charge in [-0.25, -0.2) is 0 Å². The van der Waals surface area contributed by atoms with Crippen molar-refractivity contribution in [1.29, 1.82) is 0 Å². The lowest BCUT2D eigenvalue weighted by Gasteiger charge is -2.32. The second-order valence-corrected chi connectivity index (χ2v) is 7.56. The Morgan fingerprint density at radius 1 is 1.32 bits per heavy atom. The maximum absolute atomic E-state index is 11.7. The minimum Gasteiger partial charge on any atom is -0.465 e. The predicted molar refractivity (Wildman–Crippen MR) is 103 cm³/mol. The van der Waals surface area contributed by atoms with E-state index in [1.807, 2.05) is 6.08 Å². The Hall–Kier alpha value is -1.64. The molecule has 0 bridgehead atoms. The third-order valence-corrected chi connectivity index (χ3v) is 5.14. The average molecular weight is 347 g/mol. The Kier molecular flexibility index (Phi) is 9.48. The van der Waals surface area contributed by atoms with Gasteiger partial charge in [0, 0.05) is 12.8 Å². The van der Waals surface area contributed by atoms with Gasteiger partial charge in [-0.1, -0.05) is 36.3 Å². The van der Waals surface area contributed by atoms with Crippen molar-refractivity contribution in [2.75, 3.05) is 6.61 Å². The van der Waals surface area contributed by atoms with E-state index >= 15 is 0 Å². The summed E-state index contributed by atoms with van der Waals surface area (Å²) in [4.78, 5) is 23.0. The first-order chi connectivity index (χ1) is 11.8. The summed E-state index contributed by atoms with van der Waals surface area (Å²) in [6.45, 7) is 10.4. The molecule has 0 aromatic rings. The van der Waals surface area contributed by atoms with Crippen LogP contribution in [0.5, 0.6) is 0 Å². The van der Waals surface area contributed by atoms with Gasteiger partial charge >= 0.3 is 5.97 Å². The maximum atomic E-state index is 11.7. The predicted octanol–water partition coefficient (Wildman–Crippen LogP) is 5.42. The number of hydrogen-bond acceptors (Lipinski definition) is 3. The molecule has 0 N–H and O–H groups in total. The zero-order chi connectivity index (χ0) is 18.8. The number of aldehydes is 1. The molecule has 0 saturated heterocycles. The molecule has 1 aliphatic rings. The Bertz CT molecular complexity index is 535. The van der Waals surface area contributed by atoms with E-state index in [-0.39, 0.29) is 11.9 Å². The van der Waals surface area contributed by atoms with Crippen LogP contribution in [0.1, 0.15) is 66.7 Å². The summed E-state index contributed by atoms with van der Waals surface area (Å²) in [5.41, 5.74) is 3.49. The fraction of sp³-hybridized carbons (Fsp3) is 0.636. The molecule has 0 radical (unpaired) electrons. The fourth-order valence-corrected chi connectivity index (χ4v) is 3.58. The van der Waals surface area contributed by atoms with Crippen molar-refractivity contribution in [2.45, 2.75) is 66.7 Å². The molecule has 3 nitrogen and oxygen atoms in total. The van der Waals surface area contributed by atoms with Gasteiger partial charge in [0.2, 0.25) is 0 Å². The number of esters is 1. The molecule has 25 heavy (non-hydrogen) atoms. The summed E-state index contributed by atoms with van der Waals surface area (Å²) in [6.07, 6.45) is 12.4. The van der Waals surface area contributed by atoms with E-state index < -0.39 is 0 Å². The van der Waals surface area contributed by atoms with Gasteiger partial charge in [-0.3, -0.25) is 9.59 Å². The lowest BCUT2D eigenvalue weighted by Crippen LogP contribution is -2.29. The van der Waals surface area contributed by atoms with Gasteiger partial charge in [-0.15, -0.1) is 0 Å². The van der Waals surface area contributed by atoms with Crippen LogP contribution in [0.4, 0.5) is 0 Å². The van der Waals surface area contributed by atoms with E-state index in [1.54, 1.807) is 0 Å². The molecule has 0 amide bonds. The molecule has 3 atom stereocenters. The molecule has 0 unspecified atom stereocenters. The van der Waals surface area contributed by atoms with Crippen LogP contribution in [0.2, 0.25) is 0 Å². The van der Waals surface area contributed by atoms with Crippen LogP contribution in [0.3, 0.4) is 0 Å². The van der Waals surface area contributed by atoms with Crippen LogP contribution in [-0.2, 0) is 14.3 Å². The zero-order valence-corrected chi connectivity index (χ0v) is 16.5. The molecule has 0 aliphatic heterocycles. The Labute approximate surface area is 153 Å². The van der Waals surface area contributed by atoms with Crippen molar-refractivity contribution < 1.29 is 14.3 Å². The highest BCUT2D eigenvalue weighted by molar-refractivity contribution is 5.74. The number of hydrogen-bond donors (Lipinski definition) is 0. The summed E-state index contributed by atoms with van der Waals surface area (Å²) in [5, 5.41) is 0. The van der Waals surface area contributed by atoms with Crippen LogP contribution in [0, 0.1) is 17.8 Å². The van der Waals surface area contributed by atoms with Crippen molar-refractivity contribution >= 4 is 12.3 Å². The smallest absolute Gasteiger partial charge is 0.302 e. The van der Waals surface area contributed by atoms with Gasteiger partial charge < -0.3 is 4.74 Å². The normalized spacial score (nSPS) is 26.6. The Balaban J connectivity index is 3.03. The van der Waals surface area contributed by atoms with Crippen molar-refractivity contribution in [3.8, 4) is 0 Å². The summed E-state index contributed by atoms with van der Waals surface area (Å²) < 4.78 is 5.33. The molecule has 1 aliphatic carbocycles. The lowest BCUT2D eigenvalue weighted by molar-refractivity contribution is -0.142. The molecule has 0 aromatic carbocycles. The van der Waals surface area contributed by atoms with Crippen molar-refractivity contribution in [3.05, 3.63) is 34.9 Å². The standard InChI is InChI=1S/C22H34O3/c1-16(2)8-6-10-18(4)21-13-12-17(3)9-7-11-20(14-23)22(21)15-25-19(5)24/h8-9,11,14,18,21-22H,6-7,10,12-13,15H2,1-5H3/b17-9+,20-11-/t18-,21+,22+/m1/s1. The zero-order valence-electron chi connectivity index (χ0n) is 16.5. The quantitative estimate of drug-likeness (QED) is 0.351. The number of carbonyl (C=O) groups excluding carboxylic acids is 2. The van der Waals surface area contributed by atoms with Gasteiger partial charge in [0.15, 0.2) is 0 Å². The molecule has 0 heterocycles. The van der Waals surface area contributed by atoms with Gasteiger partial charge in [0.25, 0.3) is 0 Å². The van der Waals surface area contributed by atoms with E-state index in [2.05, 4.69) is 39.8 Å². The van der Waals surface area contributed by atoms with Crippen LogP contribution < -0.4 is 0 Å². The number of allylic oxidation sites excluding steroid dienone is 5. The summed E-state index contributed by atoms with van der Waals surface area (Å²) in [6, 6.07) is 0. The molecule has 0 aromatic heterocycles. The molecular formula is C22H34O3. The molecule has 1 rings (SSSR count). The molecule has 0 spiro atoms. The first-order valence-electron chi connectivity index (χ1n) is 9.42. The highest BCUT2D eigenvalue weighted by Crippen LogP contribution is 2.35. The molecule has 0 fully saturated rings. The van der Waals surface area contributed by atoms with Gasteiger partial charge in [-0.2, -0.15) is 0 Å². The molecule has 0 saturated carbocycles. The number of rotatable bonds is 7. The summed E-state index contributed by atoms with van der Waals surface area (Å²) in [7, 11) is 0. The third-order valence-electron chi connectivity index (χ3n) is 5.14. The molecular weight excluding hydrogens is 312 g/mol. The van der Waals surface area contributed by atoms with E-state index in [0.717, 1.165) is 44.0 Å². The highest BCUT2D eigenvalue weighted by Gasteiger charge is 2.30. The number of carbonyl (C=O) groups is 2.